The molecule has 1 unspecified atom stereocenters. The number of rotatable bonds is 3. The predicted molar refractivity (Wildman–Crippen MR) is 37.0 cm³/mol. The molecular formula is C5H11ClNO2. The molecule has 0 aliphatic carbocycles. The highest BCUT2D eigenvalue weighted by Gasteiger charge is 2.02. The maximum Gasteiger partial charge on any atom is 0.220 e. The molecule has 4 heteroatoms. The van der Waals surface area contributed by atoms with Crippen LogP contribution >= 0.6 is 12.4 Å². The van der Waals surface area contributed by atoms with Gasteiger partial charge in [-0.05, 0) is 6.42 Å². The highest BCUT2D eigenvalue weighted by Crippen LogP contribution is 1.92. The predicted octanol–water partition coefficient (Wildman–Crippen LogP) is -0.131. The fourth-order valence-corrected chi connectivity index (χ4v) is 0.334. The lowest BCUT2D eigenvalue weighted by Gasteiger charge is -2.00. The van der Waals surface area contributed by atoms with Gasteiger partial charge < -0.3 is 10.8 Å². The van der Waals surface area contributed by atoms with Gasteiger partial charge in [0.25, 0.3) is 0 Å². The molecule has 0 aliphatic rings. The second-order valence-electron chi connectivity index (χ2n) is 1.61. The Morgan fingerprint density at radius 3 is 2.33 bits per heavy atom. The average Bonchev–Trinajstić information content (AvgIpc) is 1.65. The number of aliphatic hydroxyl groups is 1. The summed E-state index contributed by atoms with van der Waals surface area (Å²) in [7, 11) is 0. The third-order valence-electron chi connectivity index (χ3n) is 0.770. The Morgan fingerprint density at radius 2 is 2.22 bits per heavy atom. The molecule has 0 bridgehead atoms. The Kier molecular flexibility index (Phi) is 7.48. The number of carbonyl (C=O) groups excluding carboxylic acids is 1. The van der Waals surface area contributed by atoms with Gasteiger partial charge in [-0.15, -0.1) is 12.4 Å². The highest BCUT2D eigenvalue weighted by atomic mass is 35.5. The molecule has 1 amide bonds. The Labute approximate surface area is 60.6 Å². The molecule has 9 heavy (non-hydrogen) atoms. The first-order chi connectivity index (χ1) is 3.66. The molecule has 0 aromatic rings. The standard InChI is InChI=1S/C5H10NO2.ClH/c1-2-4(7)3-5(6)8;/h4,7H,1-3H2,(H2,6,8);1H. The number of nitrogens with two attached hydrogens (primary N) is 1. The van der Waals surface area contributed by atoms with Crippen LogP contribution in [-0.4, -0.2) is 17.1 Å². The molecular weight excluding hydrogens is 142 g/mol. The van der Waals surface area contributed by atoms with Crippen molar-refractivity contribution in [3.8, 4) is 0 Å². The molecule has 0 fully saturated rings. The van der Waals surface area contributed by atoms with Gasteiger partial charge in [-0.1, -0.05) is 6.92 Å². The molecule has 0 aliphatic heterocycles. The van der Waals surface area contributed by atoms with Crippen LogP contribution in [0, 0.1) is 6.92 Å². The van der Waals surface area contributed by atoms with Crippen LogP contribution in [0.4, 0.5) is 0 Å². The van der Waals surface area contributed by atoms with Gasteiger partial charge in [0, 0.05) is 0 Å². The first kappa shape index (κ1) is 11.5. The molecule has 3 nitrogen and oxygen atoms in total. The lowest BCUT2D eigenvalue weighted by atomic mass is 10.2. The van der Waals surface area contributed by atoms with Gasteiger partial charge >= 0.3 is 0 Å². The van der Waals surface area contributed by atoms with Crippen LogP contribution in [-0.2, 0) is 4.79 Å². The van der Waals surface area contributed by atoms with Crippen LogP contribution in [0.15, 0.2) is 0 Å². The number of aliphatic hydroxyl groups excluding tert-OH is 1. The molecule has 0 aromatic carbocycles. The van der Waals surface area contributed by atoms with Crippen molar-refractivity contribution in [3.63, 3.8) is 0 Å². The number of hydrogen-bond donors (Lipinski definition) is 2. The summed E-state index contributed by atoms with van der Waals surface area (Å²) in [5, 5.41) is 8.67. The quantitative estimate of drug-likeness (QED) is 0.592. The Balaban J connectivity index is 0. The van der Waals surface area contributed by atoms with Gasteiger partial charge in [-0.2, -0.15) is 0 Å². The summed E-state index contributed by atoms with van der Waals surface area (Å²) in [4.78, 5) is 10.0. The summed E-state index contributed by atoms with van der Waals surface area (Å²) in [6.45, 7) is 3.38. The van der Waals surface area contributed by atoms with Crippen LogP contribution in [0.2, 0.25) is 0 Å². The van der Waals surface area contributed by atoms with E-state index in [2.05, 4.69) is 6.92 Å². The van der Waals surface area contributed by atoms with Crippen LogP contribution in [0.5, 0.6) is 0 Å². The van der Waals surface area contributed by atoms with Gasteiger partial charge in [0.2, 0.25) is 5.91 Å². The molecule has 0 rings (SSSR count). The third-order valence-corrected chi connectivity index (χ3v) is 0.770. The zero-order chi connectivity index (χ0) is 6.57. The fraction of sp³-hybridized carbons (Fsp3) is 0.600. The number of carbonyl (C=O) groups is 1. The lowest BCUT2D eigenvalue weighted by Crippen LogP contribution is -2.18. The molecule has 0 saturated carbocycles. The molecule has 1 radical (unpaired) electrons. The normalized spacial score (nSPS) is 11.8. The zero-order valence-corrected chi connectivity index (χ0v) is 5.86. The SMILES string of the molecule is Cl.[CH2]CC(O)CC(N)=O. The summed E-state index contributed by atoms with van der Waals surface area (Å²) in [5.41, 5.74) is 4.74. The van der Waals surface area contributed by atoms with Crippen LogP contribution in [0.3, 0.4) is 0 Å². The second kappa shape index (κ2) is 5.85. The second-order valence-corrected chi connectivity index (χ2v) is 1.61. The van der Waals surface area contributed by atoms with Crippen molar-refractivity contribution < 1.29 is 9.90 Å². The molecule has 0 saturated heterocycles. The molecule has 55 valence electrons. The topological polar surface area (TPSA) is 63.3 Å². The number of primary amides is 1. The third kappa shape index (κ3) is 7.72. The monoisotopic (exact) mass is 152 g/mol. The van der Waals surface area contributed by atoms with E-state index in [-0.39, 0.29) is 18.8 Å². The van der Waals surface area contributed by atoms with Gasteiger partial charge in [0.15, 0.2) is 0 Å². The van der Waals surface area contributed by atoms with E-state index in [1.54, 1.807) is 0 Å². The van der Waals surface area contributed by atoms with Crippen molar-refractivity contribution in [3.05, 3.63) is 6.92 Å². The lowest BCUT2D eigenvalue weighted by molar-refractivity contribution is -0.119. The number of halogens is 1. The number of amides is 1. The van der Waals surface area contributed by atoms with Gasteiger partial charge in [-0.3, -0.25) is 4.79 Å². The molecule has 1 atom stereocenters. The Hall–Kier alpha value is -0.280. The summed E-state index contributed by atoms with van der Waals surface area (Å²) < 4.78 is 0. The van der Waals surface area contributed by atoms with Crippen molar-refractivity contribution in [1.29, 1.82) is 0 Å². The van der Waals surface area contributed by atoms with Crippen molar-refractivity contribution in [2.24, 2.45) is 5.73 Å². The minimum absolute atomic E-state index is 0. The summed E-state index contributed by atoms with van der Waals surface area (Å²) in [5.74, 6) is -0.485. The molecule has 3 N–H and O–H groups in total. The minimum Gasteiger partial charge on any atom is -0.393 e. The van der Waals surface area contributed by atoms with E-state index in [1.165, 1.54) is 0 Å². The Bertz CT molecular complexity index is 87.0. The molecule has 0 spiro atoms. The highest BCUT2D eigenvalue weighted by molar-refractivity contribution is 5.85. The summed E-state index contributed by atoms with van der Waals surface area (Å²) in [6.07, 6.45) is -0.306. The minimum atomic E-state index is -0.660. The van der Waals surface area contributed by atoms with Crippen molar-refractivity contribution >= 4 is 18.3 Å². The van der Waals surface area contributed by atoms with E-state index in [1.807, 2.05) is 0 Å². The average molecular weight is 153 g/mol. The van der Waals surface area contributed by atoms with E-state index < -0.39 is 12.0 Å². The molecule has 0 heterocycles. The summed E-state index contributed by atoms with van der Waals surface area (Å²) in [6, 6.07) is 0. The summed E-state index contributed by atoms with van der Waals surface area (Å²) >= 11 is 0. The van der Waals surface area contributed by atoms with Gasteiger partial charge in [0.05, 0.1) is 12.5 Å². The van der Waals surface area contributed by atoms with E-state index >= 15 is 0 Å². The van der Waals surface area contributed by atoms with Crippen LogP contribution in [0.25, 0.3) is 0 Å². The fourth-order valence-electron chi connectivity index (χ4n) is 0.334. The van der Waals surface area contributed by atoms with E-state index in [0.29, 0.717) is 6.42 Å². The van der Waals surface area contributed by atoms with Gasteiger partial charge in [0.1, 0.15) is 0 Å². The van der Waals surface area contributed by atoms with E-state index in [4.69, 9.17) is 10.8 Å². The number of hydrogen-bond acceptors (Lipinski definition) is 2. The molecule has 0 aromatic heterocycles. The maximum atomic E-state index is 10.0. The van der Waals surface area contributed by atoms with E-state index in [0.717, 1.165) is 0 Å². The first-order valence-electron chi connectivity index (χ1n) is 2.42. The Morgan fingerprint density at radius 1 is 1.78 bits per heavy atom. The zero-order valence-electron chi connectivity index (χ0n) is 5.04. The van der Waals surface area contributed by atoms with Crippen LogP contribution in [0.1, 0.15) is 12.8 Å². The van der Waals surface area contributed by atoms with Gasteiger partial charge in [-0.25, -0.2) is 0 Å². The van der Waals surface area contributed by atoms with Crippen molar-refractivity contribution in [1.82, 2.24) is 0 Å². The largest absolute Gasteiger partial charge is 0.393 e. The smallest absolute Gasteiger partial charge is 0.220 e. The van der Waals surface area contributed by atoms with Crippen molar-refractivity contribution in [2.75, 3.05) is 0 Å². The van der Waals surface area contributed by atoms with Crippen LogP contribution < -0.4 is 5.73 Å². The van der Waals surface area contributed by atoms with Crippen molar-refractivity contribution in [2.45, 2.75) is 18.9 Å². The van der Waals surface area contributed by atoms with E-state index in [9.17, 15) is 4.79 Å². The first-order valence-corrected chi connectivity index (χ1v) is 2.42. The maximum absolute atomic E-state index is 10.0.